The van der Waals surface area contributed by atoms with Crippen molar-refractivity contribution in [3.63, 3.8) is 0 Å². The van der Waals surface area contributed by atoms with Crippen molar-refractivity contribution in [2.75, 3.05) is 23.7 Å². The lowest BCUT2D eigenvalue weighted by Gasteiger charge is -2.32. The molecular weight excluding hydrogens is 532 g/mol. The fourth-order valence-electron chi connectivity index (χ4n) is 4.54. The topological polar surface area (TPSA) is 128 Å². The predicted molar refractivity (Wildman–Crippen MR) is 145 cm³/mol. The van der Waals surface area contributed by atoms with Gasteiger partial charge in [-0.3, -0.25) is 10.1 Å². The molecule has 0 saturated carbocycles. The number of piperidine rings is 1. The Hall–Kier alpha value is -3.31. The quantitative estimate of drug-likeness (QED) is 0.456. The first-order chi connectivity index (χ1) is 17.9. The number of nitrogens with zero attached hydrogens (tertiary/aromatic N) is 2. The molecule has 38 heavy (non-hydrogen) atoms. The summed E-state index contributed by atoms with van der Waals surface area (Å²) < 4.78 is 5.51. The summed E-state index contributed by atoms with van der Waals surface area (Å²) in [5.41, 5.74) is 0.931. The van der Waals surface area contributed by atoms with E-state index in [1.165, 1.54) is 16.2 Å². The number of halogens is 1. The van der Waals surface area contributed by atoms with E-state index in [1.54, 1.807) is 49.9 Å². The third-order valence-electron chi connectivity index (χ3n) is 6.31. The molecule has 4 rings (SSSR count). The number of carbonyl (C=O) groups is 4. The average molecular weight is 563 g/mol. The Balaban J connectivity index is 1.63. The summed E-state index contributed by atoms with van der Waals surface area (Å²) in [4.78, 5) is 54.8. The average Bonchev–Trinajstić information content (AvgIpc) is 3.21. The molecule has 204 valence electrons. The number of amides is 4. The van der Waals surface area contributed by atoms with Gasteiger partial charge in [-0.2, -0.15) is 0 Å². The summed E-state index contributed by atoms with van der Waals surface area (Å²) in [6.07, 6.45) is 1.74. The number of rotatable bonds is 4. The molecule has 1 fully saturated rings. The molecule has 10 nitrogen and oxygen atoms in total. The van der Waals surface area contributed by atoms with Crippen molar-refractivity contribution in [3.05, 3.63) is 45.3 Å². The van der Waals surface area contributed by atoms with Gasteiger partial charge in [-0.05, 0) is 76.3 Å². The highest BCUT2D eigenvalue weighted by Crippen LogP contribution is 2.38. The van der Waals surface area contributed by atoms with Crippen LogP contribution in [0.15, 0.2) is 24.3 Å². The smallest absolute Gasteiger partial charge is 0.410 e. The highest BCUT2D eigenvalue weighted by molar-refractivity contribution is 7.17. The highest BCUT2D eigenvalue weighted by atomic mass is 35.5. The normalized spacial score (nSPS) is 17.4. The second kappa shape index (κ2) is 11.2. The molecular formula is C26H31ClN4O6S. The van der Waals surface area contributed by atoms with Crippen LogP contribution in [0.3, 0.4) is 0 Å². The van der Waals surface area contributed by atoms with Crippen LogP contribution in [0.2, 0.25) is 5.02 Å². The number of anilines is 2. The van der Waals surface area contributed by atoms with Gasteiger partial charge >= 0.3 is 18.1 Å². The van der Waals surface area contributed by atoms with E-state index in [0.29, 0.717) is 53.6 Å². The van der Waals surface area contributed by atoms with Crippen molar-refractivity contribution in [3.8, 4) is 0 Å². The number of urea groups is 1. The molecule has 0 aliphatic carbocycles. The van der Waals surface area contributed by atoms with Crippen molar-refractivity contribution in [1.29, 1.82) is 0 Å². The first-order valence-electron chi connectivity index (χ1n) is 12.4. The number of carboxylic acids is 1. The molecule has 1 saturated heterocycles. The van der Waals surface area contributed by atoms with Crippen LogP contribution in [0, 0.1) is 0 Å². The fourth-order valence-corrected chi connectivity index (χ4v) is 5.92. The first-order valence-corrected chi connectivity index (χ1v) is 13.6. The third-order valence-corrected chi connectivity index (χ3v) is 7.69. The number of hydrogen-bond acceptors (Lipinski definition) is 6. The monoisotopic (exact) mass is 562 g/mol. The number of carboxylic acid groups (broad SMARTS) is 1. The Bertz CT molecular complexity index is 1240. The Morgan fingerprint density at radius 3 is 2.45 bits per heavy atom. The van der Waals surface area contributed by atoms with Crippen LogP contribution in [0.4, 0.5) is 20.3 Å². The molecule has 1 atom stereocenters. The van der Waals surface area contributed by atoms with Crippen LogP contribution >= 0.6 is 22.9 Å². The third kappa shape index (κ3) is 6.39. The standard InChI is InChI=1S/C26H31ClN4O6S/c1-26(2,3)37-25(36)30-13-11-17-19(14-30)38-22(20(17)21(32)28-16-9-7-15(27)8-10-16)29-24(35)31-12-5-4-6-18(31)23(33)34/h7-10,18H,4-6,11-14H2,1-3H3,(H,28,32)(H,29,35)(H,33,34). The predicted octanol–water partition coefficient (Wildman–Crippen LogP) is 5.42. The van der Waals surface area contributed by atoms with Crippen molar-refractivity contribution >= 4 is 57.6 Å². The summed E-state index contributed by atoms with van der Waals surface area (Å²) >= 11 is 7.17. The maximum absolute atomic E-state index is 13.5. The van der Waals surface area contributed by atoms with E-state index in [4.69, 9.17) is 16.3 Å². The van der Waals surface area contributed by atoms with Crippen LogP contribution in [-0.4, -0.2) is 63.6 Å². The van der Waals surface area contributed by atoms with E-state index in [2.05, 4.69) is 10.6 Å². The summed E-state index contributed by atoms with van der Waals surface area (Å²) in [6, 6.07) is 5.17. The first kappa shape index (κ1) is 27.7. The summed E-state index contributed by atoms with van der Waals surface area (Å²) in [5.74, 6) is -1.47. The van der Waals surface area contributed by atoms with E-state index in [-0.39, 0.29) is 6.54 Å². The van der Waals surface area contributed by atoms with Gasteiger partial charge in [0, 0.05) is 28.7 Å². The number of benzene rings is 1. The lowest BCUT2D eigenvalue weighted by atomic mass is 10.0. The zero-order valence-corrected chi connectivity index (χ0v) is 23.1. The molecule has 2 aromatic rings. The molecule has 3 N–H and O–H groups in total. The maximum Gasteiger partial charge on any atom is 0.410 e. The van der Waals surface area contributed by atoms with Gasteiger partial charge in [-0.15, -0.1) is 11.3 Å². The van der Waals surface area contributed by atoms with Crippen LogP contribution in [-0.2, 0) is 22.5 Å². The number of nitrogens with one attached hydrogen (secondary N) is 2. The molecule has 1 aromatic carbocycles. The van der Waals surface area contributed by atoms with Crippen molar-refractivity contribution in [2.24, 2.45) is 0 Å². The van der Waals surface area contributed by atoms with Crippen molar-refractivity contribution < 1.29 is 29.0 Å². The maximum atomic E-state index is 13.5. The van der Waals surface area contributed by atoms with Gasteiger partial charge in [0.05, 0.1) is 12.1 Å². The van der Waals surface area contributed by atoms with Crippen molar-refractivity contribution in [1.82, 2.24) is 9.80 Å². The molecule has 0 spiro atoms. The largest absolute Gasteiger partial charge is 0.480 e. The molecule has 1 unspecified atom stereocenters. The minimum absolute atomic E-state index is 0.230. The van der Waals surface area contributed by atoms with Gasteiger partial charge in [-0.25, -0.2) is 14.4 Å². The van der Waals surface area contributed by atoms with Crippen LogP contribution in [0.5, 0.6) is 0 Å². The second-order valence-electron chi connectivity index (χ2n) is 10.3. The molecule has 4 amide bonds. The Morgan fingerprint density at radius 1 is 1.08 bits per heavy atom. The van der Waals surface area contributed by atoms with Crippen LogP contribution in [0.25, 0.3) is 0 Å². The molecule has 2 aliphatic rings. The number of likely N-dealkylation sites (tertiary alicyclic amines) is 1. The Kier molecular flexibility index (Phi) is 8.17. The lowest BCUT2D eigenvalue weighted by Crippen LogP contribution is -2.49. The summed E-state index contributed by atoms with van der Waals surface area (Å²) in [6.45, 7) is 6.27. The molecule has 3 heterocycles. The number of hydrogen-bond donors (Lipinski definition) is 3. The number of aliphatic carboxylic acids is 1. The van der Waals surface area contributed by atoms with E-state index in [9.17, 15) is 24.3 Å². The van der Waals surface area contributed by atoms with Gasteiger partial charge in [0.1, 0.15) is 16.6 Å². The molecule has 12 heteroatoms. The van der Waals surface area contributed by atoms with Crippen LogP contribution in [0.1, 0.15) is 60.8 Å². The zero-order valence-electron chi connectivity index (χ0n) is 21.5. The van der Waals surface area contributed by atoms with Gasteiger partial charge < -0.3 is 25.0 Å². The van der Waals surface area contributed by atoms with E-state index >= 15 is 0 Å². The molecule has 1 aromatic heterocycles. The SMILES string of the molecule is CC(C)(C)OC(=O)N1CCc2c(sc(NC(=O)N3CCCCC3C(=O)O)c2C(=O)Nc2ccc(Cl)cc2)C1. The van der Waals surface area contributed by atoms with Gasteiger partial charge in [-0.1, -0.05) is 11.6 Å². The van der Waals surface area contributed by atoms with Gasteiger partial charge in [0.25, 0.3) is 5.91 Å². The van der Waals surface area contributed by atoms with E-state index in [0.717, 1.165) is 16.9 Å². The number of carbonyl (C=O) groups excluding carboxylic acids is 3. The number of thiophene rings is 1. The molecule has 0 bridgehead atoms. The summed E-state index contributed by atoms with van der Waals surface area (Å²) in [5, 5.41) is 16.1. The molecule has 2 aliphatic heterocycles. The Morgan fingerprint density at radius 2 is 1.79 bits per heavy atom. The minimum atomic E-state index is -1.06. The van der Waals surface area contributed by atoms with Gasteiger partial charge in [0.15, 0.2) is 0 Å². The lowest BCUT2D eigenvalue weighted by molar-refractivity contribution is -0.143. The second-order valence-corrected chi connectivity index (χ2v) is 11.8. The van der Waals surface area contributed by atoms with E-state index < -0.39 is 35.6 Å². The molecule has 0 radical (unpaired) electrons. The number of ether oxygens (including phenoxy) is 1. The van der Waals surface area contributed by atoms with Gasteiger partial charge in [0.2, 0.25) is 0 Å². The summed E-state index contributed by atoms with van der Waals surface area (Å²) in [7, 11) is 0. The van der Waals surface area contributed by atoms with Crippen LogP contribution < -0.4 is 10.6 Å². The fraction of sp³-hybridized carbons (Fsp3) is 0.462. The number of fused-ring (bicyclic) bond motifs is 1. The van der Waals surface area contributed by atoms with Crippen molar-refractivity contribution in [2.45, 2.75) is 64.6 Å². The zero-order chi connectivity index (χ0) is 27.6. The Labute approximate surface area is 229 Å². The minimum Gasteiger partial charge on any atom is -0.480 e. The highest BCUT2D eigenvalue weighted by Gasteiger charge is 2.35. The van der Waals surface area contributed by atoms with E-state index in [1.807, 2.05) is 0 Å².